The van der Waals surface area contributed by atoms with Crippen LogP contribution < -0.4 is 16.3 Å². The number of fused-ring (bicyclic) bond motifs is 1. The van der Waals surface area contributed by atoms with Gasteiger partial charge in [-0.05, 0) is 42.8 Å². The first-order valence-electron chi connectivity index (χ1n) is 10.2. The topological polar surface area (TPSA) is 142 Å². The highest BCUT2D eigenvalue weighted by Crippen LogP contribution is 2.25. The molecule has 5 rings (SSSR count). The van der Waals surface area contributed by atoms with Crippen molar-refractivity contribution in [2.75, 3.05) is 0 Å². The van der Waals surface area contributed by atoms with Crippen LogP contribution in [0.15, 0.2) is 61.3 Å². The number of H-pyrrole nitrogens is 2. The van der Waals surface area contributed by atoms with Crippen LogP contribution >= 0.6 is 0 Å². The number of nitrogens with zero attached hydrogens (tertiary/aromatic N) is 5. The maximum Gasteiger partial charge on any atom is 0.159 e. The smallest absolute Gasteiger partial charge is 0.159 e. The van der Waals surface area contributed by atoms with Crippen LogP contribution in [0, 0.1) is 0 Å². The lowest BCUT2D eigenvalue weighted by atomic mass is 10.1. The molecule has 0 aromatic carbocycles. The average Bonchev–Trinajstić information content (AvgIpc) is 3.46. The van der Waals surface area contributed by atoms with E-state index >= 15 is 0 Å². The van der Waals surface area contributed by atoms with Crippen LogP contribution in [-0.4, -0.2) is 40.2 Å². The zero-order chi connectivity index (χ0) is 22.8. The SMILES string of the molecule is C\C=c1/[nH]nc(-c2nc3c(-c4ccccn4)nccc3[nH]2)/c1=C/C(=C\N)c1cncc(O)c1. The molecule has 0 amide bonds. The fraction of sp³-hybridized carbons (Fsp3) is 0.0417. The normalized spacial score (nSPS) is 13.2. The van der Waals surface area contributed by atoms with E-state index in [0.29, 0.717) is 33.9 Å². The molecular formula is C24H20N8O. The molecule has 0 spiro atoms. The molecule has 5 aromatic rings. The molecule has 5 heterocycles. The van der Waals surface area contributed by atoms with Crippen molar-refractivity contribution in [3.63, 3.8) is 0 Å². The standard InChI is InChI=1S/C24H20N8O/c1-2-18-17(10-14(11-25)15-9-16(33)13-26-12-15)21(32-31-18)24-29-20-6-8-28-22(23(20)30-24)19-5-3-4-7-27-19/h2-13,31,33H,25H2,1H3,(H,29,30)/b14-11+,17-10+,18-2-. The summed E-state index contributed by atoms with van der Waals surface area (Å²) in [5, 5.41) is 19.0. The van der Waals surface area contributed by atoms with E-state index in [-0.39, 0.29) is 5.75 Å². The Balaban J connectivity index is 1.69. The first-order valence-corrected chi connectivity index (χ1v) is 10.2. The molecule has 162 valence electrons. The van der Waals surface area contributed by atoms with E-state index < -0.39 is 0 Å². The molecule has 0 aliphatic heterocycles. The van der Waals surface area contributed by atoms with Crippen molar-refractivity contribution < 1.29 is 5.11 Å². The Bertz CT molecular complexity index is 1600. The number of aromatic hydroxyl groups is 1. The van der Waals surface area contributed by atoms with Crippen molar-refractivity contribution in [2.24, 2.45) is 5.73 Å². The fourth-order valence-corrected chi connectivity index (χ4v) is 3.62. The number of aromatic amines is 2. The van der Waals surface area contributed by atoms with E-state index in [4.69, 9.17) is 10.7 Å². The number of allylic oxidation sites excluding steroid dienone is 1. The van der Waals surface area contributed by atoms with E-state index in [1.165, 1.54) is 12.4 Å². The van der Waals surface area contributed by atoms with E-state index in [0.717, 1.165) is 21.8 Å². The van der Waals surface area contributed by atoms with Crippen LogP contribution in [0.25, 0.3) is 51.7 Å². The average molecular weight is 436 g/mol. The second-order valence-electron chi connectivity index (χ2n) is 7.24. The van der Waals surface area contributed by atoms with Gasteiger partial charge in [0.2, 0.25) is 0 Å². The third-order valence-electron chi connectivity index (χ3n) is 5.19. The van der Waals surface area contributed by atoms with Crippen LogP contribution in [0.5, 0.6) is 5.75 Å². The summed E-state index contributed by atoms with van der Waals surface area (Å²) in [5.74, 6) is 0.637. The molecule has 9 nitrogen and oxygen atoms in total. The van der Waals surface area contributed by atoms with Crippen molar-refractivity contribution >= 4 is 28.8 Å². The van der Waals surface area contributed by atoms with Crippen LogP contribution in [0.1, 0.15) is 12.5 Å². The van der Waals surface area contributed by atoms with Crippen molar-refractivity contribution in [1.82, 2.24) is 35.1 Å². The lowest BCUT2D eigenvalue weighted by Crippen LogP contribution is -2.24. The van der Waals surface area contributed by atoms with E-state index in [1.54, 1.807) is 24.7 Å². The zero-order valence-electron chi connectivity index (χ0n) is 17.7. The highest BCUT2D eigenvalue weighted by molar-refractivity contribution is 5.91. The molecule has 33 heavy (non-hydrogen) atoms. The molecule has 0 unspecified atom stereocenters. The van der Waals surface area contributed by atoms with Crippen LogP contribution in [0.2, 0.25) is 0 Å². The Morgan fingerprint density at radius 1 is 1.09 bits per heavy atom. The first-order chi connectivity index (χ1) is 16.2. The molecule has 0 bridgehead atoms. The first kappa shape index (κ1) is 20.1. The van der Waals surface area contributed by atoms with Gasteiger partial charge in [0.15, 0.2) is 5.82 Å². The predicted molar refractivity (Wildman–Crippen MR) is 127 cm³/mol. The summed E-state index contributed by atoms with van der Waals surface area (Å²) < 4.78 is 0. The van der Waals surface area contributed by atoms with Gasteiger partial charge in [-0.1, -0.05) is 12.1 Å². The van der Waals surface area contributed by atoms with E-state index in [2.05, 4.69) is 30.1 Å². The molecule has 5 aromatic heterocycles. The Hall–Kier alpha value is -4.79. The summed E-state index contributed by atoms with van der Waals surface area (Å²) in [6.45, 7) is 1.91. The molecule has 5 N–H and O–H groups in total. The molecule has 0 radical (unpaired) electrons. The summed E-state index contributed by atoms with van der Waals surface area (Å²) in [6.07, 6.45) is 11.7. The minimum absolute atomic E-state index is 0.0572. The lowest BCUT2D eigenvalue weighted by molar-refractivity contribution is 0.472. The fourth-order valence-electron chi connectivity index (χ4n) is 3.62. The van der Waals surface area contributed by atoms with Crippen molar-refractivity contribution in [2.45, 2.75) is 6.92 Å². The maximum absolute atomic E-state index is 9.82. The Labute approximate surface area is 188 Å². The van der Waals surface area contributed by atoms with Gasteiger partial charge < -0.3 is 15.8 Å². The summed E-state index contributed by atoms with van der Waals surface area (Å²) in [7, 11) is 0. The third-order valence-corrected chi connectivity index (χ3v) is 5.19. The molecular weight excluding hydrogens is 416 g/mol. The summed E-state index contributed by atoms with van der Waals surface area (Å²) in [4.78, 5) is 21.1. The number of hydrogen-bond donors (Lipinski definition) is 4. The Morgan fingerprint density at radius 2 is 2.00 bits per heavy atom. The number of pyridine rings is 3. The molecule has 0 saturated heterocycles. The van der Waals surface area contributed by atoms with Gasteiger partial charge in [0.05, 0.1) is 22.8 Å². The van der Waals surface area contributed by atoms with Gasteiger partial charge in [-0.2, -0.15) is 5.10 Å². The number of aromatic nitrogens is 7. The molecule has 0 fully saturated rings. The predicted octanol–water partition coefficient (Wildman–Crippen LogP) is 2.09. The quantitative estimate of drug-likeness (QED) is 0.338. The van der Waals surface area contributed by atoms with E-state index in [9.17, 15) is 5.11 Å². The number of nitrogens with two attached hydrogens (primary N) is 1. The second-order valence-corrected chi connectivity index (χ2v) is 7.24. The molecule has 0 aliphatic carbocycles. The summed E-state index contributed by atoms with van der Waals surface area (Å²) >= 11 is 0. The molecule has 0 aliphatic rings. The van der Waals surface area contributed by atoms with Gasteiger partial charge in [-0.15, -0.1) is 0 Å². The van der Waals surface area contributed by atoms with Gasteiger partial charge in [-0.3, -0.25) is 20.1 Å². The number of hydrogen-bond acceptors (Lipinski definition) is 7. The maximum atomic E-state index is 9.82. The Morgan fingerprint density at radius 3 is 2.76 bits per heavy atom. The number of nitrogens with one attached hydrogen (secondary N) is 2. The van der Waals surface area contributed by atoms with Gasteiger partial charge >= 0.3 is 0 Å². The lowest BCUT2D eigenvalue weighted by Gasteiger charge is -2.01. The molecule has 0 atom stereocenters. The zero-order valence-corrected chi connectivity index (χ0v) is 17.7. The number of imidazole rings is 1. The minimum atomic E-state index is 0.0572. The summed E-state index contributed by atoms with van der Waals surface area (Å²) in [6, 6.07) is 9.14. The van der Waals surface area contributed by atoms with E-state index in [1.807, 2.05) is 43.3 Å². The third kappa shape index (κ3) is 3.72. The highest BCUT2D eigenvalue weighted by atomic mass is 16.3. The largest absolute Gasteiger partial charge is 0.506 e. The van der Waals surface area contributed by atoms with Crippen molar-refractivity contribution in [3.8, 4) is 28.7 Å². The monoisotopic (exact) mass is 436 g/mol. The van der Waals surface area contributed by atoms with Gasteiger partial charge in [-0.25, -0.2) is 4.98 Å². The minimum Gasteiger partial charge on any atom is -0.506 e. The van der Waals surface area contributed by atoms with Crippen molar-refractivity contribution in [1.29, 1.82) is 0 Å². The summed E-state index contributed by atoms with van der Waals surface area (Å²) in [5.41, 5.74) is 10.8. The van der Waals surface area contributed by atoms with Crippen molar-refractivity contribution in [3.05, 3.63) is 77.5 Å². The van der Waals surface area contributed by atoms with Crippen LogP contribution in [0.3, 0.4) is 0 Å². The van der Waals surface area contributed by atoms with Crippen LogP contribution in [-0.2, 0) is 0 Å². The second kappa shape index (κ2) is 8.39. The number of rotatable bonds is 4. The highest BCUT2D eigenvalue weighted by Gasteiger charge is 2.15. The Kier molecular flexibility index (Phi) is 5.12. The van der Waals surface area contributed by atoms with Gasteiger partial charge in [0, 0.05) is 35.6 Å². The van der Waals surface area contributed by atoms with Crippen LogP contribution in [0.4, 0.5) is 0 Å². The molecule has 0 saturated carbocycles. The molecule has 9 heteroatoms. The van der Waals surface area contributed by atoms with Gasteiger partial charge in [0.25, 0.3) is 0 Å². The van der Waals surface area contributed by atoms with Gasteiger partial charge in [0.1, 0.15) is 22.7 Å².